The molecule has 0 spiro atoms. The van der Waals surface area contributed by atoms with E-state index in [0.29, 0.717) is 33.6 Å². The van der Waals surface area contributed by atoms with Crippen molar-refractivity contribution < 1.29 is 50.9 Å². The highest BCUT2D eigenvalue weighted by Gasteiger charge is 2.31. The number of hydrogen-bond donors (Lipinski definition) is 3. The lowest BCUT2D eigenvalue weighted by atomic mass is 10.0. The number of carbonyl (C=O) groups excluding carboxylic acids is 2. The zero-order valence-corrected chi connectivity index (χ0v) is 25.6. The van der Waals surface area contributed by atoms with Crippen LogP contribution in [0.1, 0.15) is 26.3 Å². The van der Waals surface area contributed by atoms with E-state index in [9.17, 15) is 41.4 Å². The first kappa shape index (κ1) is 33.6. The maximum atomic E-state index is 14.0. The predicted octanol–water partition coefficient (Wildman–Crippen LogP) is 6.66. The molecule has 1 aromatic heterocycles. The molecule has 50 heavy (non-hydrogen) atoms. The first-order valence-corrected chi connectivity index (χ1v) is 14.9. The molecule has 9 nitrogen and oxygen atoms in total. The molecule has 0 saturated carbocycles. The Morgan fingerprint density at radius 2 is 1.42 bits per heavy atom. The molecule has 14 heteroatoms. The van der Waals surface area contributed by atoms with Crippen LogP contribution in [0.2, 0.25) is 0 Å². The molecule has 0 saturated heterocycles. The van der Waals surface area contributed by atoms with Gasteiger partial charge in [-0.15, -0.1) is 0 Å². The average molecular weight is 690 g/mol. The molecule has 0 aliphatic carbocycles. The maximum Gasteiger partial charge on any atom is 0.345 e. The van der Waals surface area contributed by atoms with Gasteiger partial charge >= 0.3 is 5.97 Å². The number of halogens is 5. The Labute approximate surface area is 279 Å². The minimum Gasteiger partial charge on any atom is -0.492 e. The van der Waals surface area contributed by atoms with Crippen LogP contribution in [0.5, 0.6) is 11.5 Å². The number of aliphatic carboxylic acids is 1. The van der Waals surface area contributed by atoms with Gasteiger partial charge in [0.25, 0.3) is 11.8 Å². The number of ether oxygens (including phenoxy) is 2. The lowest BCUT2D eigenvalue weighted by molar-refractivity contribution is -0.145. The van der Waals surface area contributed by atoms with Crippen molar-refractivity contribution in [3.63, 3.8) is 0 Å². The van der Waals surface area contributed by atoms with Crippen LogP contribution in [0, 0.1) is 29.1 Å². The molecule has 0 aliphatic rings. The molecule has 1 atom stereocenters. The number of carboxylic acids is 1. The number of benzene rings is 5. The summed E-state index contributed by atoms with van der Waals surface area (Å²) < 4.78 is 78.6. The van der Waals surface area contributed by atoms with Gasteiger partial charge in [-0.1, -0.05) is 18.2 Å². The third-order valence-electron chi connectivity index (χ3n) is 7.74. The molecule has 4 bridgehead atoms. The first-order valence-electron chi connectivity index (χ1n) is 14.9. The number of aromatic nitrogens is 1. The summed E-state index contributed by atoms with van der Waals surface area (Å²) in [4.78, 5) is 41.6. The van der Waals surface area contributed by atoms with Crippen LogP contribution in [0.4, 0.5) is 27.6 Å². The molecular formula is C36H24F5N3O6. The second kappa shape index (κ2) is 14.0. The molecule has 0 fully saturated rings. The predicted molar refractivity (Wildman–Crippen MR) is 171 cm³/mol. The summed E-state index contributed by atoms with van der Waals surface area (Å²) in [6.07, 6.45) is -0.758. The van der Waals surface area contributed by atoms with Crippen molar-refractivity contribution in [1.82, 2.24) is 10.3 Å². The summed E-state index contributed by atoms with van der Waals surface area (Å²) in [5.74, 6) is -15.3. The molecule has 6 aromatic rings. The van der Waals surface area contributed by atoms with Gasteiger partial charge in [-0.2, -0.15) is 8.78 Å². The van der Waals surface area contributed by atoms with E-state index in [1.165, 1.54) is 24.3 Å². The largest absolute Gasteiger partial charge is 0.492 e. The summed E-state index contributed by atoms with van der Waals surface area (Å²) >= 11 is 0. The minimum absolute atomic E-state index is 0.0548. The third-order valence-corrected chi connectivity index (χ3v) is 7.74. The van der Waals surface area contributed by atoms with Crippen LogP contribution >= 0.6 is 0 Å². The van der Waals surface area contributed by atoms with Gasteiger partial charge in [0.05, 0.1) is 12.1 Å². The topological polar surface area (TPSA) is 127 Å². The second-order valence-corrected chi connectivity index (χ2v) is 11.0. The minimum atomic E-state index is -2.40. The number of fused-ring (bicyclic) bond motifs is 6. The Bertz CT molecular complexity index is 2200. The van der Waals surface area contributed by atoms with Crippen molar-refractivity contribution in [2.45, 2.75) is 12.5 Å². The van der Waals surface area contributed by atoms with E-state index in [2.05, 4.69) is 15.6 Å². The molecule has 1 unspecified atom stereocenters. The lowest BCUT2D eigenvalue weighted by Crippen LogP contribution is -2.30. The van der Waals surface area contributed by atoms with E-state index < -0.39 is 53.3 Å². The monoisotopic (exact) mass is 689 g/mol. The van der Waals surface area contributed by atoms with Crippen molar-refractivity contribution >= 4 is 45.1 Å². The van der Waals surface area contributed by atoms with Crippen LogP contribution in [0.3, 0.4) is 0 Å². The van der Waals surface area contributed by atoms with E-state index in [4.69, 9.17) is 9.47 Å². The van der Waals surface area contributed by atoms with Gasteiger partial charge < -0.3 is 25.2 Å². The number of pyridine rings is 1. The number of nitrogens with zero attached hydrogens (tertiary/aromatic N) is 1. The Morgan fingerprint density at radius 1 is 0.760 bits per heavy atom. The van der Waals surface area contributed by atoms with Gasteiger partial charge in [-0.05, 0) is 77.0 Å². The third kappa shape index (κ3) is 6.95. The van der Waals surface area contributed by atoms with E-state index >= 15 is 0 Å². The quantitative estimate of drug-likeness (QED) is 0.0568. The molecule has 254 valence electrons. The van der Waals surface area contributed by atoms with E-state index in [0.717, 1.165) is 16.2 Å². The zero-order chi connectivity index (χ0) is 35.5. The first-order chi connectivity index (χ1) is 24.0. The Kier molecular flexibility index (Phi) is 9.43. The average Bonchev–Trinajstić information content (AvgIpc) is 3.13. The number of nitrogens with one attached hydrogen (secondary N) is 2. The molecule has 3 N–H and O–H groups in total. The van der Waals surface area contributed by atoms with Crippen molar-refractivity contribution in [3.8, 4) is 11.5 Å². The lowest BCUT2D eigenvalue weighted by Gasteiger charge is -2.17. The van der Waals surface area contributed by atoms with Gasteiger partial charge in [0.15, 0.2) is 11.9 Å². The highest BCUT2D eigenvalue weighted by molar-refractivity contribution is 6.15. The molecule has 0 aliphatic heterocycles. The van der Waals surface area contributed by atoms with Gasteiger partial charge in [-0.25, -0.2) is 18.0 Å². The summed E-state index contributed by atoms with van der Waals surface area (Å²) in [6, 6.07) is 21.5. The molecule has 0 radical (unpaired) electrons. The molecule has 6 rings (SSSR count). The van der Waals surface area contributed by atoms with E-state index in [-0.39, 0.29) is 25.0 Å². The number of hydrogen-bond acceptors (Lipinski definition) is 6. The highest BCUT2D eigenvalue weighted by atomic mass is 19.2. The fraction of sp³-hybridized carbons (Fsp3) is 0.111. The molecule has 2 amide bonds. The van der Waals surface area contributed by atoms with Crippen LogP contribution < -0.4 is 20.1 Å². The highest BCUT2D eigenvalue weighted by Crippen LogP contribution is 2.31. The zero-order valence-electron chi connectivity index (χ0n) is 25.6. The summed E-state index contributed by atoms with van der Waals surface area (Å²) in [5, 5.41) is 17.7. The van der Waals surface area contributed by atoms with E-state index in [1.54, 1.807) is 36.5 Å². The van der Waals surface area contributed by atoms with Gasteiger partial charge in [-0.3, -0.25) is 14.6 Å². The van der Waals surface area contributed by atoms with Crippen molar-refractivity contribution in [2.75, 3.05) is 18.5 Å². The number of carboxylic acid groups (broad SMARTS) is 1. The van der Waals surface area contributed by atoms with Crippen molar-refractivity contribution in [1.29, 1.82) is 0 Å². The summed E-state index contributed by atoms with van der Waals surface area (Å²) in [7, 11) is 0. The second-order valence-electron chi connectivity index (χ2n) is 11.0. The van der Waals surface area contributed by atoms with Gasteiger partial charge in [0.2, 0.25) is 29.1 Å². The Morgan fingerprint density at radius 3 is 2.10 bits per heavy atom. The number of anilines is 1. The standard InChI is InChI=1S/C36H24F5N3O6/c37-28-29(38)31(40)33(32(41)30(28)39)50-27(36(47)48)15-18-1-8-23(9-2-18)49-14-13-43-34(45)19-3-6-22(7-4-19)44-35(46)24-10-5-20-16-25(24)26-17-21(20)11-12-42-26/h1-12,16-17,27H,13-15H2,(H,43,45)(H,44,46)(H,47,48). The number of carbonyl (C=O) groups is 3. The van der Waals surface area contributed by atoms with Crippen LogP contribution in [0.15, 0.2) is 85.1 Å². The van der Waals surface area contributed by atoms with E-state index in [1.807, 2.05) is 24.3 Å². The fourth-order valence-electron chi connectivity index (χ4n) is 5.18. The summed E-state index contributed by atoms with van der Waals surface area (Å²) in [6.45, 7) is 0.170. The maximum absolute atomic E-state index is 14.0. The SMILES string of the molecule is O=C(NCCOc1ccc(CC(Oc2c(F)c(F)c(F)c(F)c2F)C(=O)O)cc1)c1ccc(NC(=O)c2ccc3cc2c2cc3ccn2)cc1. The summed E-state index contributed by atoms with van der Waals surface area (Å²) in [5.41, 5.74) is 2.31. The molecule has 1 heterocycles. The number of amides is 2. The number of rotatable bonds is 12. The van der Waals surface area contributed by atoms with Crippen LogP contribution in [-0.2, 0) is 11.2 Å². The van der Waals surface area contributed by atoms with Crippen LogP contribution in [-0.4, -0.2) is 47.1 Å². The fourth-order valence-corrected chi connectivity index (χ4v) is 5.18. The van der Waals surface area contributed by atoms with Crippen molar-refractivity contribution in [2.24, 2.45) is 0 Å². The van der Waals surface area contributed by atoms with Gasteiger partial charge in [0, 0.05) is 34.8 Å². The Hall–Kier alpha value is -6.31. The smallest absolute Gasteiger partial charge is 0.345 e. The Balaban J connectivity index is 0.976. The van der Waals surface area contributed by atoms with Gasteiger partial charge in [0.1, 0.15) is 12.4 Å². The molecular weight excluding hydrogens is 665 g/mol. The normalized spacial score (nSPS) is 11.8. The van der Waals surface area contributed by atoms with Crippen molar-refractivity contribution in [3.05, 3.63) is 131 Å². The molecule has 5 aromatic carbocycles. The van der Waals surface area contributed by atoms with Crippen LogP contribution in [0.25, 0.3) is 21.7 Å².